The zero-order valence-electron chi connectivity index (χ0n) is 17.3. The van der Waals surface area contributed by atoms with Crippen molar-refractivity contribution in [1.82, 2.24) is 19.8 Å². The molecule has 164 valence electrons. The molecule has 0 radical (unpaired) electrons. The van der Waals surface area contributed by atoms with Crippen molar-refractivity contribution in [2.45, 2.75) is 45.9 Å². The number of imide groups is 1. The molecule has 12 heteroatoms. The maximum Gasteiger partial charge on any atom is 0.408 e. The number of aryl methyl sites for hydroxylation is 1. The van der Waals surface area contributed by atoms with Crippen molar-refractivity contribution in [3.05, 3.63) is 32.6 Å². The fourth-order valence-corrected chi connectivity index (χ4v) is 2.88. The van der Waals surface area contributed by atoms with Crippen LogP contribution in [-0.2, 0) is 30.4 Å². The van der Waals surface area contributed by atoms with E-state index in [0.717, 1.165) is 16.6 Å². The number of carbonyl (C=O) groups is 4. The summed E-state index contributed by atoms with van der Waals surface area (Å²) in [5, 5.41) is 2.31. The number of alkyl carbamates (subject to hydrolysis) is 1. The number of nitrogens with one attached hydrogen (secondary N) is 2. The minimum absolute atomic E-state index is 0.201. The summed E-state index contributed by atoms with van der Waals surface area (Å²) in [6.45, 7) is 5.44. The highest BCUT2D eigenvalue weighted by Gasteiger charge is 2.48. The number of ether oxygens (including phenoxy) is 2. The zero-order valence-corrected chi connectivity index (χ0v) is 17.3. The molecule has 1 aromatic rings. The molecule has 2 rings (SSSR count). The summed E-state index contributed by atoms with van der Waals surface area (Å²) < 4.78 is 10.7. The van der Waals surface area contributed by atoms with Gasteiger partial charge in [-0.3, -0.25) is 33.6 Å². The lowest BCUT2D eigenvalue weighted by atomic mass is 10.0. The Balaban J connectivity index is 2.24. The number of aromatic amines is 1. The Morgan fingerprint density at radius 2 is 1.87 bits per heavy atom. The normalized spacial score (nSPS) is 18.8. The van der Waals surface area contributed by atoms with Crippen molar-refractivity contribution in [3.63, 3.8) is 0 Å². The number of nitrogens with zero attached hydrogens (tertiary/aromatic N) is 2. The Morgan fingerprint density at radius 1 is 1.23 bits per heavy atom. The van der Waals surface area contributed by atoms with Crippen LogP contribution in [0.2, 0.25) is 0 Å². The van der Waals surface area contributed by atoms with Gasteiger partial charge in [-0.1, -0.05) is 0 Å². The first-order valence-corrected chi connectivity index (χ1v) is 9.06. The second-order valence-electron chi connectivity index (χ2n) is 7.80. The van der Waals surface area contributed by atoms with E-state index in [9.17, 15) is 28.8 Å². The average Bonchev–Trinajstić information content (AvgIpc) is 2.94. The van der Waals surface area contributed by atoms with Crippen LogP contribution >= 0.6 is 0 Å². The first-order valence-electron chi connectivity index (χ1n) is 9.06. The topological polar surface area (TPSA) is 157 Å². The van der Waals surface area contributed by atoms with E-state index in [-0.39, 0.29) is 12.1 Å². The monoisotopic (exact) mass is 424 g/mol. The van der Waals surface area contributed by atoms with Gasteiger partial charge < -0.3 is 14.8 Å². The molecule has 0 spiro atoms. The van der Waals surface area contributed by atoms with Crippen LogP contribution in [0, 0.1) is 12.8 Å². The second kappa shape index (κ2) is 8.51. The molecule has 2 atom stereocenters. The van der Waals surface area contributed by atoms with Gasteiger partial charge in [0.25, 0.3) is 11.5 Å². The number of H-pyrrole nitrogens is 1. The molecule has 0 unspecified atom stereocenters. The summed E-state index contributed by atoms with van der Waals surface area (Å²) in [5.41, 5.74) is -2.05. The number of rotatable bonds is 4. The van der Waals surface area contributed by atoms with Crippen molar-refractivity contribution >= 4 is 23.9 Å². The number of amides is 3. The Morgan fingerprint density at radius 3 is 2.43 bits per heavy atom. The van der Waals surface area contributed by atoms with Gasteiger partial charge in [-0.15, -0.1) is 0 Å². The third kappa shape index (κ3) is 5.13. The highest BCUT2D eigenvalue weighted by atomic mass is 16.6. The minimum atomic E-state index is -1.37. The highest BCUT2D eigenvalue weighted by Crippen LogP contribution is 2.21. The molecule has 2 heterocycles. The third-order valence-electron chi connectivity index (χ3n) is 4.29. The Hall–Kier alpha value is -3.44. The van der Waals surface area contributed by atoms with Crippen LogP contribution in [0.4, 0.5) is 4.79 Å². The predicted octanol–water partition coefficient (Wildman–Crippen LogP) is -1.10. The van der Waals surface area contributed by atoms with Gasteiger partial charge in [0, 0.05) is 18.3 Å². The highest BCUT2D eigenvalue weighted by molar-refractivity contribution is 6.03. The average molecular weight is 424 g/mol. The maximum absolute atomic E-state index is 12.8. The second-order valence-corrected chi connectivity index (χ2v) is 7.80. The number of aromatic nitrogens is 2. The molecular weight excluding hydrogens is 400 g/mol. The van der Waals surface area contributed by atoms with E-state index in [2.05, 4.69) is 15.0 Å². The maximum atomic E-state index is 12.8. The molecule has 0 bridgehead atoms. The summed E-state index contributed by atoms with van der Waals surface area (Å²) >= 11 is 0. The number of hydrogen-bond donors (Lipinski definition) is 2. The van der Waals surface area contributed by atoms with Crippen molar-refractivity contribution in [2.75, 3.05) is 13.7 Å². The third-order valence-corrected chi connectivity index (χ3v) is 4.29. The lowest BCUT2D eigenvalue weighted by Gasteiger charge is -2.22. The van der Waals surface area contributed by atoms with Gasteiger partial charge in [0.1, 0.15) is 24.1 Å². The molecule has 3 amide bonds. The van der Waals surface area contributed by atoms with Crippen LogP contribution < -0.4 is 16.6 Å². The van der Waals surface area contributed by atoms with Gasteiger partial charge in [-0.25, -0.2) is 9.59 Å². The first-order chi connectivity index (χ1) is 13.8. The Bertz CT molecular complexity index is 987. The molecule has 1 aromatic heterocycles. The lowest BCUT2D eigenvalue weighted by molar-refractivity contribution is -0.146. The predicted molar refractivity (Wildman–Crippen MR) is 101 cm³/mol. The van der Waals surface area contributed by atoms with E-state index in [1.807, 2.05) is 0 Å². The van der Waals surface area contributed by atoms with Gasteiger partial charge >= 0.3 is 17.8 Å². The number of likely N-dealkylation sites (tertiary alicyclic amines) is 1. The number of esters is 1. The van der Waals surface area contributed by atoms with Crippen LogP contribution in [0.15, 0.2) is 15.8 Å². The van der Waals surface area contributed by atoms with Crippen molar-refractivity contribution in [3.8, 4) is 0 Å². The van der Waals surface area contributed by atoms with Crippen LogP contribution in [0.25, 0.3) is 0 Å². The van der Waals surface area contributed by atoms with Gasteiger partial charge in [0.2, 0.25) is 5.91 Å². The van der Waals surface area contributed by atoms with E-state index >= 15 is 0 Å². The minimum Gasteiger partial charge on any atom is -0.469 e. The number of carbonyl (C=O) groups excluding carboxylic acids is 4. The zero-order chi connectivity index (χ0) is 22.8. The fourth-order valence-electron chi connectivity index (χ4n) is 2.88. The van der Waals surface area contributed by atoms with Crippen molar-refractivity contribution < 1.29 is 28.7 Å². The van der Waals surface area contributed by atoms with E-state index < -0.39 is 59.2 Å². The van der Waals surface area contributed by atoms with Crippen LogP contribution in [0.1, 0.15) is 26.3 Å². The molecule has 12 nitrogen and oxygen atoms in total. The molecular formula is C18H24N4O8. The quantitative estimate of drug-likeness (QED) is 0.577. The van der Waals surface area contributed by atoms with Crippen LogP contribution in [0.3, 0.4) is 0 Å². The van der Waals surface area contributed by atoms with Gasteiger partial charge in [-0.05, 0) is 27.7 Å². The van der Waals surface area contributed by atoms with Crippen LogP contribution in [0.5, 0.6) is 0 Å². The number of hydrogen-bond acceptors (Lipinski definition) is 8. The van der Waals surface area contributed by atoms with E-state index in [1.54, 1.807) is 20.8 Å². The Kier molecular flexibility index (Phi) is 6.48. The molecule has 30 heavy (non-hydrogen) atoms. The molecule has 1 fully saturated rings. The fraction of sp³-hybridized carbons (Fsp3) is 0.556. The molecule has 0 saturated carbocycles. The molecule has 0 aliphatic carbocycles. The lowest BCUT2D eigenvalue weighted by Crippen LogP contribution is -2.48. The molecule has 1 aliphatic rings. The standard InChI is InChI=1S/C18H24N4O8/c1-9-6-21(16(27)20-13(9)24)8-11(23)22-7-10(15(26)29-5)12(14(22)25)19-17(28)30-18(2,3)4/h6,10,12H,7-8H2,1-5H3,(H,19,28)(H,20,24,27)/t10-,12+/m0/s1. The SMILES string of the molecule is COC(=O)[C@H]1CN(C(=O)Cn2cc(C)c(=O)[nH]c2=O)C(=O)[C@@H]1NC(=O)OC(C)(C)C. The number of methoxy groups -OCH3 is 1. The smallest absolute Gasteiger partial charge is 0.408 e. The molecule has 2 N–H and O–H groups in total. The summed E-state index contributed by atoms with van der Waals surface area (Å²) in [4.78, 5) is 75.7. The summed E-state index contributed by atoms with van der Waals surface area (Å²) in [6, 6.07) is -1.37. The molecule has 0 aromatic carbocycles. The van der Waals surface area contributed by atoms with Gasteiger partial charge in [0.05, 0.1) is 7.11 Å². The van der Waals surface area contributed by atoms with E-state index in [4.69, 9.17) is 4.74 Å². The van der Waals surface area contributed by atoms with Crippen molar-refractivity contribution in [1.29, 1.82) is 0 Å². The van der Waals surface area contributed by atoms with Crippen LogP contribution in [-0.4, -0.2) is 63.6 Å². The van der Waals surface area contributed by atoms with E-state index in [1.165, 1.54) is 13.1 Å². The Labute approximate surface area is 171 Å². The van der Waals surface area contributed by atoms with Crippen molar-refractivity contribution in [2.24, 2.45) is 5.92 Å². The molecule has 1 aliphatic heterocycles. The summed E-state index contributed by atoms with van der Waals surface area (Å²) in [7, 11) is 1.12. The summed E-state index contributed by atoms with van der Waals surface area (Å²) in [5.74, 6) is -3.57. The van der Waals surface area contributed by atoms with E-state index in [0.29, 0.717) is 0 Å². The summed E-state index contributed by atoms with van der Waals surface area (Å²) in [6.07, 6.45) is 0.255. The first kappa shape index (κ1) is 22.8. The van der Waals surface area contributed by atoms with Gasteiger partial charge in [0.15, 0.2) is 0 Å². The molecule has 1 saturated heterocycles. The largest absolute Gasteiger partial charge is 0.469 e. The van der Waals surface area contributed by atoms with Gasteiger partial charge in [-0.2, -0.15) is 0 Å².